The first-order chi connectivity index (χ1) is 12.5. The van der Waals surface area contributed by atoms with Crippen LogP contribution in [0.1, 0.15) is 43.6 Å². The summed E-state index contributed by atoms with van der Waals surface area (Å²) in [6, 6.07) is 1.20. The Balaban J connectivity index is 2.65. The maximum atomic E-state index is 12.9. The number of carbonyl (C=O) groups excluding carboxylic acids is 4. The van der Waals surface area contributed by atoms with E-state index in [1.54, 1.807) is 0 Å². The van der Waals surface area contributed by atoms with Crippen molar-refractivity contribution in [1.82, 2.24) is 0 Å². The van der Waals surface area contributed by atoms with Gasteiger partial charge in [-0.25, -0.2) is 0 Å². The Hall–Kier alpha value is -2.91. The van der Waals surface area contributed by atoms with Gasteiger partial charge in [-0.15, -0.1) is 0 Å². The fourth-order valence-electron chi connectivity index (χ4n) is 3.31. The lowest BCUT2D eigenvalue weighted by atomic mass is 9.57. The molecule has 150 valence electrons. The fraction of sp³-hybridized carbons (Fsp3) is 0.444. The standard InChI is InChI=1S/C18H16F3NO6/c1-16(2)13(24)11(14(25)17(3,4)15(16)26)12(23)9-6-5-8(18(19,20)21)7-10(9)22(27)28/h5-7,11H,1-4H3. The van der Waals surface area contributed by atoms with Gasteiger partial charge in [-0.2, -0.15) is 13.2 Å². The van der Waals surface area contributed by atoms with Crippen molar-refractivity contribution in [3.63, 3.8) is 0 Å². The van der Waals surface area contributed by atoms with Gasteiger partial charge in [-0.05, 0) is 39.8 Å². The molecule has 10 heteroatoms. The van der Waals surface area contributed by atoms with Crippen LogP contribution in [0.5, 0.6) is 0 Å². The monoisotopic (exact) mass is 399 g/mol. The normalized spacial score (nSPS) is 19.6. The number of hydrogen-bond acceptors (Lipinski definition) is 6. The molecular formula is C18H16F3NO6. The van der Waals surface area contributed by atoms with E-state index >= 15 is 0 Å². The van der Waals surface area contributed by atoms with Crippen molar-refractivity contribution < 1.29 is 37.3 Å². The summed E-state index contributed by atoms with van der Waals surface area (Å²) >= 11 is 0. The quantitative estimate of drug-likeness (QED) is 0.334. The number of benzene rings is 1. The molecule has 1 aliphatic carbocycles. The molecule has 7 nitrogen and oxygen atoms in total. The lowest BCUT2D eigenvalue weighted by Gasteiger charge is -2.39. The van der Waals surface area contributed by atoms with Gasteiger partial charge in [0.05, 0.1) is 26.9 Å². The van der Waals surface area contributed by atoms with Crippen LogP contribution in [0.2, 0.25) is 0 Å². The van der Waals surface area contributed by atoms with E-state index in [0.717, 1.165) is 0 Å². The van der Waals surface area contributed by atoms with Crippen LogP contribution in [0, 0.1) is 26.9 Å². The maximum absolute atomic E-state index is 12.9. The third-order valence-corrected chi connectivity index (χ3v) is 4.94. The molecule has 0 radical (unpaired) electrons. The topological polar surface area (TPSA) is 111 Å². The molecular weight excluding hydrogens is 383 g/mol. The summed E-state index contributed by atoms with van der Waals surface area (Å²) in [4.78, 5) is 60.6. The minimum Gasteiger partial charge on any atom is -0.297 e. The molecule has 0 aromatic heterocycles. The van der Waals surface area contributed by atoms with E-state index in [4.69, 9.17) is 0 Å². The summed E-state index contributed by atoms with van der Waals surface area (Å²) in [7, 11) is 0. The Bertz CT molecular complexity index is 900. The third-order valence-electron chi connectivity index (χ3n) is 4.94. The van der Waals surface area contributed by atoms with E-state index in [1.165, 1.54) is 27.7 Å². The summed E-state index contributed by atoms with van der Waals surface area (Å²) in [5, 5.41) is 11.2. The highest BCUT2D eigenvalue weighted by Crippen LogP contribution is 2.43. The van der Waals surface area contributed by atoms with Crippen LogP contribution in [0.4, 0.5) is 18.9 Å². The number of carbonyl (C=O) groups is 4. The van der Waals surface area contributed by atoms with Crippen molar-refractivity contribution in [2.75, 3.05) is 0 Å². The third kappa shape index (κ3) is 3.12. The first-order valence-corrected chi connectivity index (χ1v) is 8.08. The number of ketones is 4. The lowest BCUT2D eigenvalue weighted by Crippen LogP contribution is -2.59. The van der Waals surface area contributed by atoms with Crippen molar-refractivity contribution in [3.05, 3.63) is 39.4 Å². The number of hydrogen-bond donors (Lipinski definition) is 0. The molecule has 2 rings (SSSR count). The molecule has 0 unspecified atom stereocenters. The van der Waals surface area contributed by atoms with Crippen LogP contribution < -0.4 is 0 Å². The van der Waals surface area contributed by atoms with Crippen molar-refractivity contribution in [3.8, 4) is 0 Å². The van der Waals surface area contributed by atoms with Crippen LogP contribution in [0.25, 0.3) is 0 Å². The molecule has 0 amide bonds. The number of rotatable bonds is 3. The van der Waals surface area contributed by atoms with Gasteiger partial charge in [0.1, 0.15) is 5.92 Å². The number of nitro benzene ring substituents is 1. The molecule has 0 atom stereocenters. The molecule has 0 saturated heterocycles. The maximum Gasteiger partial charge on any atom is 0.416 e. The molecule has 1 saturated carbocycles. The summed E-state index contributed by atoms with van der Waals surface area (Å²) in [6.45, 7) is 4.92. The summed E-state index contributed by atoms with van der Waals surface area (Å²) in [6.07, 6.45) is -4.89. The van der Waals surface area contributed by atoms with Crippen molar-refractivity contribution in [2.45, 2.75) is 33.9 Å². The Morgan fingerprint density at radius 1 is 1.04 bits per heavy atom. The molecule has 1 fully saturated rings. The first kappa shape index (κ1) is 21.4. The van der Waals surface area contributed by atoms with Gasteiger partial charge in [0.15, 0.2) is 23.1 Å². The molecule has 0 bridgehead atoms. The van der Waals surface area contributed by atoms with E-state index in [2.05, 4.69) is 0 Å². The summed E-state index contributed by atoms with van der Waals surface area (Å²) in [5.74, 6) is -6.11. The highest BCUT2D eigenvalue weighted by Gasteiger charge is 2.60. The van der Waals surface area contributed by atoms with Crippen molar-refractivity contribution >= 4 is 28.8 Å². The molecule has 0 heterocycles. The van der Waals surface area contributed by atoms with Crippen molar-refractivity contribution in [2.24, 2.45) is 16.7 Å². The highest BCUT2D eigenvalue weighted by molar-refractivity contribution is 6.37. The highest BCUT2D eigenvalue weighted by atomic mass is 19.4. The zero-order valence-corrected chi connectivity index (χ0v) is 15.3. The smallest absolute Gasteiger partial charge is 0.297 e. The minimum absolute atomic E-state index is 0.173. The molecule has 1 aromatic carbocycles. The van der Waals surface area contributed by atoms with Gasteiger partial charge in [-0.1, -0.05) is 0 Å². The van der Waals surface area contributed by atoms with Gasteiger partial charge in [0.2, 0.25) is 0 Å². The molecule has 0 N–H and O–H groups in total. The summed E-state index contributed by atoms with van der Waals surface area (Å²) in [5.41, 5.74) is -6.75. The van der Waals surface area contributed by atoms with E-state index < -0.39 is 67.8 Å². The number of nitrogens with zero attached hydrogens (tertiary/aromatic N) is 1. The van der Waals surface area contributed by atoms with Gasteiger partial charge in [0.25, 0.3) is 5.69 Å². The van der Waals surface area contributed by atoms with Crippen LogP contribution in [-0.2, 0) is 20.6 Å². The Kier molecular flexibility index (Phi) is 4.83. The Morgan fingerprint density at radius 3 is 1.89 bits per heavy atom. The SMILES string of the molecule is CC1(C)C(=O)C(C(=O)c2ccc(C(F)(F)F)cc2[N+](=O)[O-])C(=O)C(C)(C)C1=O. The average Bonchev–Trinajstić information content (AvgIpc) is 2.58. The predicted octanol–water partition coefficient (Wildman–Crippen LogP) is 3.19. The molecule has 1 aliphatic rings. The van der Waals surface area contributed by atoms with Gasteiger partial charge < -0.3 is 0 Å². The second-order valence-electron chi connectivity index (χ2n) is 7.59. The minimum atomic E-state index is -4.89. The zero-order valence-electron chi connectivity index (χ0n) is 15.3. The number of Topliss-reactive ketones (excluding diaryl/α,β-unsaturated/α-hetero) is 4. The van der Waals surface area contributed by atoms with Crippen LogP contribution in [0.3, 0.4) is 0 Å². The van der Waals surface area contributed by atoms with Gasteiger partial charge in [0, 0.05) is 6.07 Å². The molecule has 0 spiro atoms. The molecule has 1 aromatic rings. The summed E-state index contributed by atoms with van der Waals surface area (Å²) < 4.78 is 38.5. The number of nitro groups is 1. The first-order valence-electron chi connectivity index (χ1n) is 8.08. The van der Waals surface area contributed by atoms with Crippen LogP contribution in [-0.4, -0.2) is 28.1 Å². The van der Waals surface area contributed by atoms with Crippen molar-refractivity contribution in [1.29, 1.82) is 0 Å². The average molecular weight is 399 g/mol. The lowest BCUT2D eigenvalue weighted by molar-refractivity contribution is -0.385. The van der Waals surface area contributed by atoms with E-state index in [1.807, 2.05) is 0 Å². The van der Waals surface area contributed by atoms with E-state index in [-0.39, 0.29) is 6.07 Å². The van der Waals surface area contributed by atoms with E-state index in [0.29, 0.717) is 12.1 Å². The van der Waals surface area contributed by atoms with Crippen LogP contribution >= 0.6 is 0 Å². The molecule has 28 heavy (non-hydrogen) atoms. The van der Waals surface area contributed by atoms with Gasteiger partial charge in [-0.3, -0.25) is 29.3 Å². The Labute approximate surface area is 157 Å². The van der Waals surface area contributed by atoms with Gasteiger partial charge >= 0.3 is 6.18 Å². The number of halogens is 3. The zero-order chi connectivity index (χ0) is 21.8. The second-order valence-corrected chi connectivity index (χ2v) is 7.59. The molecule has 0 aliphatic heterocycles. The largest absolute Gasteiger partial charge is 0.416 e. The van der Waals surface area contributed by atoms with E-state index in [9.17, 15) is 42.5 Å². The number of alkyl halides is 3. The fourth-order valence-corrected chi connectivity index (χ4v) is 3.31. The van der Waals surface area contributed by atoms with Crippen LogP contribution in [0.15, 0.2) is 18.2 Å². The predicted molar refractivity (Wildman–Crippen MR) is 88.5 cm³/mol. The second kappa shape index (κ2) is 6.32. The Morgan fingerprint density at radius 2 is 1.50 bits per heavy atom.